The molecule has 0 aromatic heterocycles. The molecule has 3 aliphatic carbocycles. The van der Waals surface area contributed by atoms with Gasteiger partial charge in [-0.05, 0) is 48.3 Å². The van der Waals surface area contributed by atoms with Gasteiger partial charge in [-0.3, -0.25) is 0 Å². The maximum absolute atomic E-state index is 10.0. The number of rotatable bonds is 0. The van der Waals surface area contributed by atoms with Crippen molar-refractivity contribution in [3.63, 3.8) is 0 Å². The van der Waals surface area contributed by atoms with Crippen molar-refractivity contribution in [3.8, 4) is 0 Å². The van der Waals surface area contributed by atoms with Gasteiger partial charge in [-0.1, -0.05) is 32.4 Å². The number of allylic oxidation sites excluding steroid dienone is 1. The lowest BCUT2D eigenvalue weighted by atomic mass is 9.60. The SMILES string of the molecule is C=C1C[C@@]2(C)CCC[C@]23C[C@@H](O)C[C@]13C. The quantitative estimate of drug-likeness (QED) is 0.603. The first-order valence-corrected chi connectivity index (χ1v) is 6.30. The summed E-state index contributed by atoms with van der Waals surface area (Å²) < 4.78 is 0. The topological polar surface area (TPSA) is 20.2 Å². The molecule has 0 bridgehead atoms. The van der Waals surface area contributed by atoms with E-state index < -0.39 is 0 Å². The Labute approximate surface area is 92.6 Å². The maximum atomic E-state index is 10.0. The van der Waals surface area contributed by atoms with E-state index in [1.54, 1.807) is 0 Å². The Morgan fingerprint density at radius 1 is 1.27 bits per heavy atom. The van der Waals surface area contributed by atoms with E-state index in [9.17, 15) is 5.11 Å². The highest BCUT2D eigenvalue weighted by molar-refractivity contribution is 5.33. The number of aliphatic hydroxyl groups excluding tert-OH is 1. The molecule has 0 unspecified atom stereocenters. The van der Waals surface area contributed by atoms with Crippen LogP contribution in [-0.4, -0.2) is 11.2 Å². The van der Waals surface area contributed by atoms with Gasteiger partial charge >= 0.3 is 0 Å². The van der Waals surface area contributed by atoms with Crippen LogP contribution < -0.4 is 0 Å². The molecule has 0 saturated heterocycles. The van der Waals surface area contributed by atoms with Gasteiger partial charge in [0, 0.05) is 0 Å². The van der Waals surface area contributed by atoms with Gasteiger partial charge in [0.2, 0.25) is 0 Å². The van der Waals surface area contributed by atoms with Crippen LogP contribution in [-0.2, 0) is 0 Å². The minimum Gasteiger partial charge on any atom is -0.393 e. The first-order valence-electron chi connectivity index (χ1n) is 6.30. The van der Waals surface area contributed by atoms with E-state index in [2.05, 4.69) is 20.4 Å². The van der Waals surface area contributed by atoms with E-state index >= 15 is 0 Å². The summed E-state index contributed by atoms with van der Waals surface area (Å²) in [6, 6.07) is 0. The maximum Gasteiger partial charge on any atom is 0.0554 e. The molecule has 15 heavy (non-hydrogen) atoms. The van der Waals surface area contributed by atoms with Gasteiger partial charge in [0.25, 0.3) is 0 Å². The van der Waals surface area contributed by atoms with Crippen LogP contribution in [0.15, 0.2) is 12.2 Å². The lowest BCUT2D eigenvalue weighted by Crippen LogP contribution is -2.37. The summed E-state index contributed by atoms with van der Waals surface area (Å²) in [6.45, 7) is 9.12. The van der Waals surface area contributed by atoms with E-state index in [0.29, 0.717) is 10.8 Å². The number of aliphatic hydroxyl groups is 1. The van der Waals surface area contributed by atoms with Gasteiger partial charge < -0.3 is 5.11 Å². The second-order valence-electron chi connectivity index (χ2n) is 6.67. The van der Waals surface area contributed by atoms with E-state index in [1.807, 2.05) is 0 Å². The van der Waals surface area contributed by atoms with Crippen LogP contribution >= 0.6 is 0 Å². The summed E-state index contributed by atoms with van der Waals surface area (Å²) in [6.07, 6.45) is 7.12. The monoisotopic (exact) mass is 206 g/mol. The highest BCUT2D eigenvalue weighted by Gasteiger charge is 2.70. The average Bonchev–Trinajstić information content (AvgIpc) is 2.60. The lowest BCUT2D eigenvalue weighted by Gasteiger charge is -2.43. The molecule has 1 heteroatoms. The molecule has 0 radical (unpaired) electrons. The van der Waals surface area contributed by atoms with Crippen LogP contribution in [0.25, 0.3) is 0 Å². The van der Waals surface area contributed by atoms with Gasteiger partial charge in [0.05, 0.1) is 6.10 Å². The van der Waals surface area contributed by atoms with Crippen molar-refractivity contribution in [1.29, 1.82) is 0 Å². The van der Waals surface area contributed by atoms with E-state index in [-0.39, 0.29) is 11.5 Å². The highest BCUT2D eigenvalue weighted by Crippen LogP contribution is 2.77. The zero-order valence-corrected chi connectivity index (χ0v) is 9.97. The summed E-state index contributed by atoms with van der Waals surface area (Å²) in [4.78, 5) is 0. The van der Waals surface area contributed by atoms with Crippen molar-refractivity contribution >= 4 is 0 Å². The third kappa shape index (κ3) is 0.860. The van der Waals surface area contributed by atoms with Crippen molar-refractivity contribution in [2.75, 3.05) is 0 Å². The smallest absolute Gasteiger partial charge is 0.0554 e. The van der Waals surface area contributed by atoms with Gasteiger partial charge in [0.15, 0.2) is 0 Å². The lowest BCUT2D eigenvalue weighted by molar-refractivity contribution is 0.0503. The Morgan fingerprint density at radius 3 is 2.73 bits per heavy atom. The summed E-state index contributed by atoms with van der Waals surface area (Å²) >= 11 is 0. The Hall–Kier alpha value is -0.300. The van der Waals surface area contributed by atoms with Crippen LogP contribution in [0.4, 0.5) is 0 Å². The second kappa shape index (κ2) is 2.51. The molecule has 1 spiro atoms. The van der Waals surface area contributed by atoms with Crippen LogP contribution in [0.3, 0.4) is 0 Å². The fourth-order valence-corrected chi connectivity index (χ4v) is 5.38. The van der Waals surface area contributed by atoms with Crippen LogP contribution in [0.2, 0.25) is 0 Å². The molecule has 0 aromatic rings. The van der Waals surface area contributed by atoms with E-state index in [0.717, 1.165) is 12.8 Å². The van der Waals surface area contributed by atoms with Crippen molar-refractivity contribution in [1.82, 2.24) is 0 Å². The normalized spacial score (nSPS) is 58.3. The van der Waals surface area contributed by atoms with Crippen molar-refractivity contribution in [2.24, 2.45) is 16.2 Å². The Balaban J connectivity index is 2.16. The van der Waals surface area contributed by atoms with Gasteiger partial charge in [-0.2, -0.15) is 0 Å². The zero-order chi connectivity index (χ0) is 10.9. The molecule has 0 aliphatic heterocycles. The average molecular weight is 206 g/mol. The molecule has 3 rings (SSSR count). The predicted octanol–water partition coefficient (Wildman–Crippen LogP) is 3.28. The highest BCUT2D eigenvalue weighted by atomic mass is 16.3. The molecule has 3 aliphatic rings. The van der Waals surface area contributed by atoms with Crippen molar-refractivity contribution < 1.29 is 5.11 Å². The predicted molar refractivity (Wildman–Crippen MR) is 61.5 cm³/mol. The Kier molecular flexibility index (Phi) is 1.65. The third-order valence-corrected chi connectivity index (χ3v) is 6.16. The zero-order valence-electron chi connectivity index (χ0n) is 9.97. The number of hydrogen-bond acceptors (Lipinski definition) is 1. The summed E-state index contributed by atoms with van der Waals surface area (Å²) in [5.74, 6) is 0. The van der Waals surface area contributed by atoms with Crippen molar-refractivity contribution in [3.05, 3.63) is 12.2 Å². The second-order valence-corrected chi connectivity index (χ2v) is 6.67. The molecule has 0 heterocycles. The van der Waals surface area contributed by atoms with Gasteiger partial charge in [0.1, 0.15) is 0 Å². The molecule has 84 valence electrons. The molecular formula is C14H22O. The summed E-state index contributed by atoms with van der Waals surface area (Å²) in [7, 11) is 0. The van der Waals surface area contributed by atoms with Gasteiger partial charge in [-0.15, -0.1) is 0 Å². The number of hydrogen-bond donors (Lipinski definition) is 1. The fraction of sp³-hybridized carbons (Fsp3) is 0.857. The molecule has 0 aromatic carbocycles. The van der Waals surface area contributed by atoms with Crippen LogP contribution in [0.5, 0.6) is 0 Å². The largest absolute Gasteiger partial charge is 0.393 e. The molecule has 1 N–H and O–H groups in total. The summed E-state index contributed by atoms with van der Waals surface area (Å²) in [5.41, 5.74) is 2.48. The van der Waals surface area contributed by atoms with Crippen molar-refractivity contribution in [2.45, 2.75) is 58.5 Å². The fourth-order valence-electron chi connectivity index (χ4n) is 5.38. The van der Waals surface area contributed by atoms with E-state index in [4.69, 9.17) is 0 Å². The minimum absolute atomic E-state index is 0.0792. The minimum atomic E-state index is -0.0792. The summed E-state index contributed by atoms with van der Waals surface area (Å²) in [5, 5.41) is 10.0. The standard InChI is InChI=1S/C14H22O/c1-10-7-12(2)5-4-6-14(12)9-11(15)8-13(10,14)3/h11,15H,1,4-9H2,2-3H3/t11-,12+,13+,14-/m0/s1. The molecular weight excluding hydrogens is 184 g/mol. The first kappa shape index (κ1) is 9.89. The molecule has 3 fully saturated rings. The Morgan fingerprint density at radius 2 is 2.00 bits per heavy atom. The molecule has 3 saturated carbocycles. The van der Waals surface area contributed by atoms with Gasteiger partial charge in [-0.25, -0.2) is 0 Å². The Bertz CT molecular complexity index is 334. The molecule has 1 nitrogen and oxygen atoms in total. The molecule has 0 amide bonds. The third-order valence-electron chi connectivity index (χ3n) is 6.16. The van der Waals surface area contributed by atoms with Crippen LogP contribution in [0, 0.1) is 16.2 Å². The van der Waals surface area contributed by atoms with Crippen LogP contribution in [0.1, 0.15) is 52.4 Å². The first-order chi connectivity index (χ1) is 6.94. The molecule has 4 atom stereocenters. The van der Waals surface area contributed by atoms with E-state index in [1.165, 1.54) is 31.3 Å².